The lowest BCUT2D eigenvalue weighted by Gasteiger charge is -2.41. The second kappa shape index (κ2) is 6.51. The van der Waals surface area contributed by atoms with Gasteiger partial charge in [-0.25, -0.2) is 13.5 Å². The number of hydrogen-bond donors (Lipinski definition) is 0. The molecule has 1 aromatic carbocycles. The quantitative estimate of drug-likeness (QED) is 0.611. The summed E-state index contributed by atoms with van der Waals surface area (Å²) < 4.78 is 68.2. The van der Waals surface area contributed by atoms with Crippen LogP contribution in [0, 0.1) is 23.3 Å². The molecule has 0 aliphatic carbocycles. The van der Waals surface area contributed by atoms with E-state index in [4.69, 9.17) is 4.74 Å². The fraction of sp³-hybridized carbons (Fsp3) is 0.500. The first-order chi connectivity index (χ1) is 12.5. The van der Waals surface area contributed by atoms with Gasteiger partial charge in [0.05, 0.1) is 37.8 Å². The predicted molar refractivity (Wildman–Crippen MR) is 80.4 cm³/mol. The van der Waals surface area contributed by atoms with Crippen molar-refractivity contribution >= 4 is 0 Å². The summed E-state index contributed by atoms with van der Waals surface area (Å²) in [7, 11) is 0.948. The number of halogens is 4. The Hall–Kier alpha value is -2.20. The first-order valence-electron chi connectivity index (χ1n) is 8.13. The van der Waals surface area contributed by atoms with Crippen LogP contribution in [0.5, 0.6) is 5.75 Å². The summed E-state index contributed by atoms with van der Waals surface area (Å²) in [5.41, 5.74) is 0.154. The number of nitrogens with zero attached hydrogens (tertiary/aromatic N) is 4. The molecule has 2 aliphatic heterocycles. The van der Waals surface area contributed by atoms with E-state index in [9.17, 15) is 17.6 Å². The number of likely N-dealkylation sites (tertiary alicyclic amines) is 1. The number of piperidine rings is 1. The van der Waals surface area contributed by atoms with Crippen LogP contribution in [0.15, 0.2) is 6.20 Å². The van der Waals surface area contributed by atoms with Crippen LogP contribution in [0.4, 0.5) is 17.6 Å². The lowest BCUT2D eigenvalue weighted by atomic mass is 9.99. The van der Waals surface area contributed by atoms with Crippen LogP contribution in [0.1, 0.15) is 23.7 Å². The van der Waals surface area contributed by atoms with E-state index in [1.165, 1.54) is 0 Å². The van der Waals surface area contributed by atoms with Gasteiger partial charge in [0.25, 0.3) is 0 Å². The topological polar surface area (TPSA) is 52.4 Å². The van der Waals surface area contributed by atoms with Crippen molar-refractivity contribution in [3.63, 3.8) is 0 Å². The maximum absolute atomic E-state index is 14.2. The summed E-state index contributed by atoms with van der Waals surface area (Å²) in [6.45, 7) is 0.976. The molecule has 2 aromatic rings. The third kappa shape index (κ3) is 2.64. The molecule has 0 bridgehead atoms. The molecule has 4 rings (SSSR count). The Balaban J connectivity index is 1.60. The monoisotopic (exact) mass is 372 g/mol. The molecular weight excluding hydrogens is 356 g/mol. The summed E-state index contributed by atoms with van der Waals surface area (Å²) in [5.74, 6) is -7.00. The number of fused-ring (bicyclic) bond motifs is 3. The molecule has 3 heterocycles. The van der Waals surface area contributed by atoms with E-state index in [0.717, 1.165) is 12.8 Å². The number of ether oxygens (including phenoxy) is 2. The van der Waals surface area contributed by atoms with Crippen LogP contribution >= 0.6 is 0 Å². The van der Waals surface area contributed by atoms with Crippen LogP contribution in [0.3, 0.4) is 0 Å². The van der Waals surface area contributed by atoms with Gasteiger partial charge in [-0.1, -0.05) is 5.21 Å². The smallest absolute Gasteiger partial charge is 0.204 e. The maximum atomic E-state index is 14.2. The van der Waals surface area contributed by atoms with Crippen LogP contribution < -0.4 is 4.74 Å². The molecule has 0 N–H and O–H groups in total. The van der Waals surface area contributed by atoms with E-state index in [0.29, 0.717) is 26.1 Å². The number of hydrogen-bond acceptors (Lipinski definition) is 5. The fourth-order valence-electron chi connectivity index (χ4n) is 3.59. The highest BCUT2D eigenvalue weighted by Gasteiger charge is 2.37. The highest BCUT2D eigenvalue weighted by Crippen LogP contribution is 2.33. The van der Waals surface area contributed by atoms with E-state index < -0.39 is 34.6 Å². The van der Waals surface area contributed by atoms with Crippen molar-refractivity contribution in [2.45, 2.75) is 31.7 Å². The largest absolute Gasteiger partial charge is 0.491 e. The Morgan fingerprint density at radius 3 is 2.62 bits per heavy atom. The van der Waals surface area contributed by atoms with Gasteiger partial charge in [-0.05, 0) is 6.42 Å². The van der Waals surface area contributed by atoms with Crippen molar-refractivity contribution in [1.29, 1.82) is 0 Å². The van der Waals surface area contributed by atoms with Crippen molar-refractivity contribution in [1.82, 2.24) is 19.9 Å². The minimum absolute atomic E-state index is 0.0838. The molecule has 140 valence electrons. The highest BCUT2D eigenvalue weighted by molar-refractivity contribution is 5.34. The van der Waals surface area contributed by atoms with Gasteiger partial charge in [-0.15, -0.1) is 5.10 Å². The summed E-state index contributed by atoms with van der Waals surface area (Å²) in [6, 6.07) is -0.172. The minimum Gasteiger partial charge on any atom is -0.491 e. The molecule has 10 heteroatoms. The van der Waals surface area contributed by atoms with Crippen LogP contribution in [-0.2, 0) is 17.9 Å². The molecule has 6 nitrogen and oxygen atoms in total. The SMILES string of the molecule is COc1c(F)c(F)c(CN2CC[C@H]3OCc4cnnn4[C@H]3C2)c(F)c1F. The fourth-order valence-corrected chi connectivity index (χ4v) is 3.59. The van der Waals surface area contributed by atoms with Gasteiger partial charge in [0, 0.05) is 25.2 Å². The molecule has 26 heavy (non-hydrogen) atoms. The van der Waals surface area contributed by atoms with E-state index in [-0.39, 0.29) is 18.7 Å². The zero-order chi connectivity index (χ0) is 18.4. The van der Waals surface area contributed by atoms with Gasteiger partial charge in [0.1, 0.15) is 0 Å². The molecule has 2 aliphatic rings. The van der Waals surface area contributed by atoms with E-state index >= 15 is 0 Å². The van der Waals surface area contributed by atoms with Gasteiger partial charge in [0.15, 0.2) is 17.4 Å². The van der Waals surface area contributed by atoms with E-state index in [1.807, 2.05) is 0 Å². The molecule has 0 spiro atoms. The maximum Gasteiger partial charge on any atom is 0.204 e. The lowest BCUT2D eigenvalue weighted by molar-refractivity contribution is -0.0672. The third-order valence-corrected chi connectivity index (χ3v) is 4.91. The van der Waals surface area contributed by atoms with Crippen molar-refractivity contribution in [3.05, 3.63) is 40.7 Å². The van der Waals surface area contributed by atoms with Crippen LogP contribution in [-0.4, -0.2) is 46.2 Å². The molecule has 0 radical (unpaired) electrons. The van der Waals surface area contributed by atoms with E-state index in [1.54, 1.807) is 15.8 Å². The van der Waals surface area contributed by atoms with E-state index in [2.05, 4.69) is 15.0 Å². The predicted octanol–water partition coefficient (Wildman–Crippen LogP) is 2.19. The Bertz CT molecular complexity index is 815. The molecule has 0 unspecified atom stereocenters. The average Bonchev–Trinajstić information content (AvgIpc) is 3.13. The molecule has 1 aromatic heterocycles. The second-order valence-corrected chi connectivity index (χ2v) is 6.38. The average molecular weight is 372 g/mol. The van der Waals surface area contributed by atoms with Crippen LogP contribution in [0.2, 0.25) is 0 Å². The van der Waals surface area contributed by atoms with Gasteiger partial charge in [-0.3, -0.25) is 4.90 Å². The lowest BCUT2D eigenvalue weighted by Crippen LogP contribution is -2.47. The van der Waals surface area contributed by atoms with Gasteiger partial charge >= 0.3 is 0 Å². The molecule has 0 amide bonds. The summed E-state index contributed by atoms with van der Waals surface area (Å²) in [5, 5.41) is 7.90. The first-order valence-corrected chi connectivity index (χ1v) is 8.13. The zero-order valence-electron chi connectivity index (χ0n) is 13.9. The highest BCUT2D eigenvalue weighted by atomic mass is 19.2. The van der Waals surface area contributed by atoms with Gasteiger partial charge < -0.3 is 9.47 Å². The number of aromatic nitrogens is 3. The molecule has 0 saturated carbocycles. The van der Waals surface area contributed by atoms with Crippen molar-refractivity contribution in [3.8, 4) is 5.75 Å². The third-order valence-electron chi connectivity index (χ3n) is 4.91. The number of methoxy groups -OCH3 is 1. The van der Waals surface area contributed by atoms with Crippen molar-refractivity contribution in [2.75, 3.05) is 20.2 Å². The minimum atomic E-state index is -1.53. The Labute approximate surface area is 146 Å². The van der Waals surface area contributed by atoms with Crippen LogP contribution in [0.25, 0.3) is 0 Å². The number of benzene rings is 1. The summed E-state index contributed by atoms with van der Waals surface area (Å²) in [6.07, 6.45) is 2.12. The van der Waals surface area contributed by atoms with Gasteiger partial charge in [-0.2, -0.15) is 8.78 Å². The summed E-state index contributed by atoms with van der Waals surface area (Å²) >= 11 is 0. The standard InChI is InChI=1S/C16H16F4N4O2/c1-25-16-14(19)12(17)9(13(18)15(16)20)5-23-3-2-11-10(6-23)24-8(7-26-11)4-21-22-24/h4,10-11H,2-3,5-7H2,1H3/t10-,11+/m0/s1. The first kappa shape index (κ1) is 17.2. The summed E-state index contributed by atoms with van der Waals surface area (Å²) in [4.78, 5) is 1.72. The van der Waals surface area contributed by atoms with Crippen molar-refractivity contribution in [2.24, 2.45) is 0 Å². The molecular formula is C16H16F4N4O2. The molecule has 1 fully saturated rings. The Morgan fingerprint density at radius 1 is 1.19 bits per heavy atom. The molecule has 1 saturated heterocycles. The molecule has 2 atom stereocenters. The van der Waals surface area contributed by atoms with Crippen molar-refractivity contribution < 1.29 is 27.0 Å². The normalized spacial score (nSPS) is 22.8. The number of rotatable bonds is 3. The second-order valence-electron chi connectivity index (χ2n) is 6.38. The zero-order valence-corrected chi connectivity index (χ0v) is 13.9. The Kier molecular flexibility index (Phi) is 4.31. The van der Waals surface area contributed by atoms with Gasteiger partial charge in [0.2, 0.25) is 11.6 Å². The Morgan fingerprint density at radius 2 is 1.92 bits per heavy atom.